The minimum atomic E-state index is -0.647. The molecule has 0 saturated carbocycles. The second kappa shape index (κ2) is 8.61. The van der Waals surface area contributed by atoms with Crippen molar-refractivity contribution in [2.45, 2.75) is 39.7 Å². The van der Waals surface area contributed by atoms with E-state index < -0.39 is 6.10 Å². The predicted molar refractivity (Wildman–Crippen MR) is 104 cm³/mol. The summed E-state index contributed by atoms with van der Waals surface area (Å²) in [5, 5.41) is 2.83. The summed E-state index contributed by atoms with van der Waals surface area (Å²) in [5.41, 5.74) is 3.00. The number of rotatable bonds is 7. The van der Waals surface area contributed by atoms with Gasteiger partial charge in [-0.3, -0.25) is 4.79 Å². The summed E-state index contributed by atoms with van der Waals surface area (Å²) < 4.78 is 16.3. The zero-order chi connectivity index (χ0) is 19.3. The molecular weight excluding hydrogens is 330 g/mol. The third kappa shape index (κ3) is 4.69. The van der Waals surface area contributed by atoms with Crippen molar-refractivity contribution >= 4 is 11.6 Å². The average molecular weight is 357 g/mol. The molecule has 0 aliphatic carbocycles. The van der Waals surface area contributed by atoms with Crippen LogP contribution in [0.3, 0.4) is 0 Å². The van der Waals surface area contributed by atoms with Gasteiger partial charge in [-0.05, 0) is 55.2 Å². The minimum absolute atomic E-state index is 0.251. The van der Waals surface area contributed by atoms with Crippen LogP contribution < -0.4 is 19.5 Å². The van der Waals surface area contributed by atoms with Gasteiger partial charge in [0.1, 0.15) is 17.2 Å². The largest absolute Gasteiger partial charge is 0.497 e. The SMILES string of the molecule is COc1ccc(NC(=O)C(C)Oc2ccc(C(C)C)c(C)c2)c(OC)c1. The predicted octanol–water partition coefficient (Wildman–Crippen LogP) is 4.54. The number of benzene rings is 2. The highest BCUT2D eigenvalue weighted by atomic mass is 16.5. The Bertz CT molecular complexity index is 771. The first-order chi connectivity index (χ1) is 12.3. The molecule has 0 spiro atoms. The Morgan fingerprint density at radius 3 is 2.23 bits per heavy atom. The second-order valence-electron chi connectivity index (χ2n) is 6.49. The summed E-state index contributed by atoms with van der Waals surface area (Å²) in [6, 6.07) is 11.1. The Labute approximate surface area is 155 Å². The molecule has 140 valence electrons. The smallest absolute Gasteiger partial charge is 0.265 e. The van der Waals surface area contributed by atoms with Gasteiger partial charge in [-0.2, -0.15) is 0 Å². The third-order valence-corrected chi connectivity index (χ3v) is 4.21. The molecule has 2 aromatic carbocycles. The Balaban J connectivity index is 2.07. The molecule has 1 atom stereocenters. The highest BCUT2D eigenvalue weighted by Crippen LogP contribution is 2.29. The van der Waals surface area contributed by atoms with Crippen LogP contribution in [-0.4, -0.2) is 26.2 Å². The molecule has 1 amide bonds. The minimum Gasteiger partial charge on any atom is -0.497 e. The number of carbonyl (C=O) groups is 1. The van der Waals surface area contributed by atoms with Crippen molar-refractivity contribution in [2.24, 2.45) is 0 Å². The van der Waals surface area contributed by atoms with Crippen LogP contribution >= 0.6 is 0 Å². The maximum absolute atomic E-state index is 12.5. The number of methoxy groups -OCH3 is 2. The van der Waals surface area contributed by atoms with Crippen LogP contribution in [0.5, 0.6) is 17.2 Å². The van der Waals surface area contributed by atoms with Gasteiger partial charge in [-0.15, -0.1) is 0 Å². The molecule has 0 saturated heterocycles. The third-order valence-electron chi connectivity index (χ3n) is 4.21. The van der Waals surface area contributed by atoms with E-state index in [-0.39, 0.29) is 5.91 Å². The average Bonchev–Trinajstić information content (AvgIpc) is 2.61. The van der Waals surface area contributed by atoms with Crippen molar-refractivity contribution in [1.29, 1.82) is 0 Å². The van der Waals surface area contributed by atoms with E-state index in [1.54, 1.807) is 39.3 Å². The molecule has 0 aliphatic rings. The van der Waals surface area contributed by atoms with Crippen LogP contribution in [0, 0.1) is 6.92 Å². The maximum atomic E-state index is 12.5. The maximum Gasteiger partial charge on any atom is 0.265 e. The van der Waals surface area contributed by atoms with Crippen molar-refractivity contribution in [2.75, 3.05) is 19.5 Å². The fourth-order valence-corrected chi connectivity index (χ4v) is 2.76. The molecule has 1 unspecified atom stereocenters. The van der Waals surface area contributed by atoms with E-state index >= 15 is 0 Å². The van der Waals surface area contributed by atoms with E-state index in [1.165, 1.54) is 5.56 Å². The van der Waals surface area contributed by atoms with Crippen molar-refractivity contribution < 1.29 is 19.0 Å². The first kappa shape index (κ1) is 19.6. The zero-order valence-electron chi connectivity index (χ0n) is 16.3. The van der Waals surface area contributed by atoms with Crippen LogP contribution in [0.25, 0.3) is 0 Å². The molecule has 0 heterocycles. The van der Waals surface area contributed by atoms with Gasteiger partial charge in [0.2, 0.25) is 0 Å². The Morgan fingerprint density at radius 2 is 1.65 bits per heavy atom. The molecule has 5 heteroatoms. The first-order valence-corrected chi connectivity index (χ1v) is 8.65. The summed E-state index contributed by atoms with van der Waals surface area (Å²) in [4.78, 5) is 12.5. The van der Waals surface area contributed by atoms with Gasteiger partial charge in [0.15, 0.2) is 6.10 Å². The van der Waals surface area contributed by atoms with E-state index in [0.717, 1.165) is 5.56 Å². The monoisotopic (exact) mass is 357 g/mol. The fraction of sp³-hybridized carbons (Fsp3) is 0.381. The number of hydrogen-bond donors (Lipinski definition) is 1. The molecular formula is C21H27NO4. The summed E-state index contributed by atoms with van der Waals surface area (Å²) in [6.45, 7) is 8.08. The number of anilines is 1. The van der Waals surface area contributed by atoms with Crippen molar-refractivity contribution in [1.82, 2.24) is 0 Å². The second-order valence-corrected chi connectivity index (χ2v) is 6.49. The molecule has 1 N–H and O–H groups in total. The van der Waals surface area contributed by atoms with Crippen LogP contribution in [0.1, 0.15) is 37.8 Å². The number of ether oxygens (including phenoxy) is 3. The van der Waals surface area contributed by atoms with Gasteiger partial charge in [0, 0.05) is 6.07 Å². The summed E-state index contributed by atoms with van der Waals surface area (Å²) in [7, 11) is 3.12. The standard InChI is InChI=1S/C21H27NO4/c1-13(2)18-9-7-17(11-14(18)3)26-15(4)21(23)22-19-10-8-16(24-5)12-20(19)25-6/h7-13,15H,1-6H3,(H,22,23). The summed E-state index contributed by atoms with van der Waals surface area (Å²) in [6.07, 6.45) is -0.647. The Kier molecular flexibility index (Phi) is 6.50. The summed E-state index contributed by atoms with van der Waals surface area (Å²) in [5.74, 6) is 2.06. The van der Waals surface area contributed by atoms with E-state index in [9.17, 15) is 4.79 Å². The van der Waals surface area contributed by atoms with Crippen LogP contribution in [0.15, 0.2) is 36.4 Å². The number of carbonyl (C=O) groups excluding carboxylic acids is 1. The molecule has 26 heavy (non-hydrogen) atoms. The van der Waals surface area contributed by atoms with Crippen LogP contribution in [0.4, 0.5) is 5.69 Å². The van der Waals surface area contributed by atoms with E-state index in [1.807, 2.05) is 18.2 Å². The normalized spacial score (nSPS) is 11.8. The highest BCUT2D eigenvalue weighted by molar-refractivity contribution is 5.95. The van der Waals surface area contributed by atoms with E-state index in [0.29, 0.717) is 28.9 Å². The number of nitrogens with one attached hydrogen (secondary N) is 1. The van der Waals surface area contributed by atoms with Gasteiger partial charge < -0.3 is 19.5 Å². The van der Waals surface area contributed by atoms with Crippen LogP contribution in [-0.2, 0) is 4.79 Å². The Morgan fingerprint density at radius 1 is 0.962 bits per heavy atom. The molecule has 2 aromatic rings. The van der Waals surface area contributed by atoms with Crippen molar-refractivity contribution in [3.63, 3.8) is 0 Å². The molecule has 0 aliphatic heterocycles. The van der Waals surface area contributed by atoms with Crippen molar-refractivity contribution in [3.8, 4) is 17.2 Å². The van der Waals surface area contributed by atoms with Gasteiger partial charge in [0.25, 0.3) is 5.91 Å². The number of amides is 1. The van der Waals surface area contributed by atoms with Gasteiger partial charge in [-0.25, -0.2) is 0 Å². The zero-order valence-corrected chi connectivity index (χ0v) is 16.3. The van der Waals surface area contributed by atoms with Crippen molar-refractivity contribution in [3.05, 3.63) is 47.5 Å². The van der Waals surface area contributed by atoms with Gasteiger partial charge in [-0.1, -0.05) is 19.9 Å². The molecule has 5 nitrogen and oxygen atoms in total. The lowest BCUT2D eigenvalue weighted by Gasteiger charge is -2.18. The fourth-order valence-electron chi connectivity index (χ4n) is 2.76. The molecule has 0 aromatic heterocycles. The lowest BCUT2D eigenvalue weighted by atomic mass is 9.98. The highest BCUT2D eigenvalue weighted by Gasteiger charge is 2.17. The molecule has 0 fully saturated rings. The first-order valence-electron chi connectivity index (χ1n) is 8.65. The lowest BCUT2D eigenvalue weighted by molar-refractivity contribution is -0.122. The molecule has 2 rings (SSSR count). The quantitative estimate of drug-likeness (QED) is 0.790. The lowest BCUT2D eigenvalue weighted by Crippen LogP contribution is -2.30. The van der Waals surface area contributed by atoms with E-state index in [4.69, 9.17) is 14.2 Å². The van der Waals surface area contributed by atoms with Gasteiger partial charge in [0.05, 0.1) is 19.9 Å². The molecule has 0 bridgehead atoms. The number of aryl methyl sites for hydroxylation is 1. The van der Waals surface area contributed by atoms with Gasteiger partial charge >= 0.3 is 0 Å². The topological polar surface area (TPSA) is 56.8 Å². The van der Waals surface area contributed by atoms with E-state index in [2.05, 4.69) is 26.1 Å². The Hall–Kier alpha value is -2.69. The molecule has 0 radical (unpaired) electrons. The van der Waals surface area contributed by atoms with Crippen LogP contribution in [0.2, 0.25) is 0 Å². The number of hydrogen-bond acceptors (Lipinski definition) is 4. The summed E-state index contributed by atoms with van der Waals surface area (Å²) >= 11 is 0.